The van der Waals surface area contributed by atoms with Crippen LogP contribution in [0.5, 0.6) is 0 Å². The van der Waals surface area contributed by atoms with Gasteiger partial charge in [0.25, 0.3) is 5.91 Å². The van der Waals surface area contributed by atoms with E-state index in [9.17, 15) is 27.9 Å². The Morgan fingerprint density at radius 3 is 2.69 bits per heavy atom. The molecule has 4 rings (SSSR count). The number of aryl methyl sites for hydroxylation is 1. The lowest BCUT2D eigenvalue weighted by atomic mass is 10.0. The number of halogens is 3. The van der Waals surface area contributed by atoms with E-state index in [1.54, 1.807) is 11.8 Å². The Morgan fingerprint density at radius 1 is 1.29 bits per heavy atom. The molecule has 35 heavy (non-hydrogen) atoms. The highest BCUT2D eigenvalue weighted by Gasteiger charge is 2.40. The lowest BCUT2D eigenvalue weighted by Crippen LogP contribution is -2.47. The second kappa shape index (κ2) is 8.75. The minimum absolute atomic E-state index is 0.0599. The molecule has 1 aliphatic rings. The number of aromatic amines is 1. The summed E-state index contributed by atoms with van der Waals surface area (Å²) in [6.07, 6.45) is -2.67. The summed E-state index contributed by atoms with van der Waals surface area (Å²) in [4.78, 5) is 38.1. The number of nitrogens with zero attached hydrogens (tertiary/aromatic N) is 3. The van der Waals surface area contributed by atoms with E-state index in [1.165, 1.54) is 12.4 Å². The van der Waals surface area contributed by atoms with E-state index in [1.807, 2.05) is 30.4 Å². The second-order valence-electron chi connectivity index (χ2n) is 9.04. The number of amides is 2. The number of H-pyrrole nitrogens is 1. The van der Waals surface area contributed by atoms with E-state index in [2.05, 4.69) is 20.3 Å². The fourth-order valence-electron chi connectivity index (χ4n) is 4.31. The molecule has 186 valence electrons. The van der Waals surface area contributed by atoms with E-state index >= 15 is 0 Å². The zero-order chi connectivity index (χ0) is 25.5. The maximum Gasteiger partial charge on any atom is 0.408 e. The van der Waals surface area contributed by atoms with Gasteiger partial charge in [0.2, 0.25) is 0 Å². The molecular formula is C23H25F3N6O3. The summed E-state index contributed by atoms with van der Waals surface area (Å²) in [5.74, 6) is -0.540. The van der Waals surface area contributed by atoms with Crippen LogP contribution in [0.4, 0.5) is 23.7 Å². The maximum atomic E-state index is 13.1. The molecule has 1 aromatic carbocycles. The van der Waals surface area contributed by atoms with Gasteiger partial charge in [-0.15, -0.1) is 0 Å². The molecule has 2 amide bonds. The van der Waals surface area contributed by atoms with Crippen molar-refractivity contribution in [1.29, 1.82) is 0 Å². The number of carbonyl (C=O) groups is 2. The van der Waals surface area contributed by atoms with Gasteiger partial charge in [0.15, 0.2) is 0 Å². The molecule has 0 saturated carbocycles. The Kier molecular flexibility index (Phi) is 6.07. The van der Waals surface area contributed by atoms with E-state index in [0.29, 0.717) is 35.6 Å². The van der Waals surface area contributed by atoms with Crippen molar-refractivity contribution in [3.05, 3.63) is 41.7 Å². The fraction of sp³-hybridized carbons (Fsp3) is 0.391. The van der Waals surface area contributed by atoms with Gasteiger partial charge >= 0.3 is 12.3 Å². The number of hydrogen-bond donors (Lipinski definition) is 4. The smallest absolute Gasteiger partial charge is 0.408 e. The van der Waals surface area contributed by atoms with Gasteiger partial charge in [-0.2, -0.15) is 13.2 Å². The molecule has 1 saturated heterocycles. The lowest BCUT2D eigenvalue weighted by Gasteiger charge is -2.28. The Labute approximate surface area is 198 Å². The number of hydrogen-bond acceptors (Lipinski definition) is 5. The highest BCUT2D eigenvalue weighted by atomic mass is 19.4. The molecule has 3 heterocycles. The van der Waals surface area contributed by atoms with Gasteiger partial charge in [-0.25, -0.2) is 9.78 Å². The third kappa shape index (κ3) is 4.86. The summed E-state index contributed by atoms with van der Waals surface area (Å²) < 4.78 is 39.4. The van der Waals surface area contributed by atoms with Crippen LogP contribution in [-0.2, 0) is 0 Å². The highest BCUT2D eigenvalue weighted by molar-refractivity contribution is 6.03. The standard InChI is InChI=1S/C23H25F3N6O3/c1-12-5-4-6-16-17(12)30-19(29-16)14-9-27-10-15(20(33)28-13(2)23(24,25)26)18(14)32-8-7-22(3,11-32)31-21(34)35/h4-6,9-10,13,31H,7-8,11H2,1-3H3,(H,28,33)(H,29,30)(H,34,35)/t13?,22-/m0/s1. The van der Waals surface area contributed by atoms with Crippen molar-refractivity contribution < 1.29 is 27.9 Å². The normalized spacial score (nSPS) is 19.1. The fourth-order valence-corrected chi connectivity index (χ4v) is 4.31. The van der Waals surface area contributed by atoms with Crippen molar-refractivity contribution in [2.45, 2.75) is 44.9 Å². The number of benzene rings is 1. The first-order chi connectivity index (χ1) is 16.4. The van der Waals surface area contributed by atoms with Crippen LogP contribution in [0, 0.1) is 6.92 Å². The predicted molar refractivity (Wildman–Crippen MR) is 123 cm³/mol. The molecule has 12 heteroatoms. The first-order valence-corrected chi connectivity index (χ1v) is 11.0. The number of imidazole rings is 1. The highest BCUT2D eigenvalue weighted by Crippen LogP contribution is 2.37. The van der Waals surface area contributed by atoms with Gasteiger partial charge in [-0.1, -0.05) is 12.1 Å². The Morgan fingerprint density at radius 2 is 2.03 bits per heavy atom. The number of nitrogens with one attached hydrogen (secondary N) is 3. The van der Waals surface area contributed by atoms with Crippen molar-refractivity contribution in [2.24, 2.45) is 0 Å². The average Bonchev–Trinajstić information content (AvgIpc) is 3.36. The van der Waals surface area contributed by atoms with Crippen molar-refractivity contribution in [1.82, 2.24) is 25.6 Å². The SMILES string of the molecule is Cc1cccc2[nH]c(-c3cncc(C(=O)NC(C)C(F)(F)F)c3N3CC[C@](C)(NC(=O)O)C3)nc12. The molecule has 1 unspecified atom stereocenters. The van der Waals surface area contributed by atoms with Crippen LogP contribution in [0.3, 0.4) is 0 Å². The summed E-state index contributed by atoms with van der Waals surface area (Å²) in [6.45, 7) is 5.06. The minimum atomic E-state index is -4.62. The van der Waals surface area contributed by atoms with Crippen molar-refractivity contribution in [3.63, 3.8) is 0 Å². The van der Waals surface area contributed by atoms with Gasteiger partial charge in [0, 0.05) is 25.5 Å². The van der Waals surface area contributed by atoms with Gasteiger partial charge < -0.3 is 25.6 Å². The molecule has 0 aliphatic carbocycles. The molecule has 9 nitrogen and oxygen atoms in total. The largest absolute Gasteiger partial charge is 0.465 e. The number of rotatable bonds is 5. The first-order valence-electron chi connectivity index (χ1n) is 11.0. The zero-order valence-electron chi connectivity index (χ0n) is 19.3. The van der Waals surface area contributed by atoms with Crippen LogP contribution in [0.15, 0.2) is 30.6 Å². The molecular weight excluding hydrogens is 465 g/mol. The summed E-state index contributed by atoms with van der Waals surface area (Å²) in [5, 5.41) is 13.7. The van der Waals surface area contributed by atoms with Crippen molar-refractivity contribution >= 4 is 28.7 Å². The topological polar surface area (TPSA) is 123 Å². The van der Waals surface area contributed by atoms with E-state index in [4.69, 9.17) is 0 Å². The molecule has 0 radical (unpaired) electrons. The van der Waals surface area contributed by atoms with E-state index < -0.39 is 29.8 Å². The zero-order valence-corrected chi connectivity index (χ0v) is 19.3. The number of aromatic nitrogens is 3. The molecule has 1 fully saturated rings. The number of fused-ring (bicyclic) bond motifs is 1. The number of alkyl halides is 3. The number of pyridine rings is 1. The predicted octanol–water partition coefficient (Wildman–Crippen LogP) is 3.85. The third-order valence-electron chi connectivity index (χ3n) is 6.17. The molecule has 0 bridgehead atoms. The Hall–Kier alpha value is -3.83. The summed E-state index contributed by atoms with van der Waals surface area (Å²) in [5.41, 5.74) is 2.27. The maximum absolute atomic E-state index is 13.1. The average molecular weight is 490 g/mol. The van der Waals surface area contributed by atoms with Crippen LogP contribution in [0.2, 0.25) is 0 Å². The minimum Gasteiger partial charge on any atom is -0.465 e. The van der Waals surface area contributed by atoms with Crippen LogP contribution in [-0.4, -0.2) is 62.9 Å². The first kappa shape index (κ1) is 24.3. The molecule has 2 atom stereocenters. The second-order valence-corrected chi connectivity index (χ2v) is 9.04. The third-order valence-corrected chi connectivity index (χ3v) is 6.17. The molecule has 1 aliphatic heterocycles. The van der Waals surface area contributed by atoms with Crippen molar-refractivity contribution in [2.75, 3.05) is 18.0 Å². The van der Waals surface area contributed by atoms with Crippen LogP contribution >= 0.6 is 0 Å². The molecule has 0 spiro atoms. The van der Waals surface area contributed by atoms with E-state index in [0.717, 1.165) is 18.0 Å². The summed E-state index contributed by atoms with van der Waals surface area (Å²) in [6, 6.07) is 3.54. The Balaban J connectivity index is 1.82. The monoisotopic (exact) mass is 490 g/mol. The van der Waals surface area contributed by atoms with Gasteiger partial charge in [0.1, 0.15) is 11.9 Å². The van der Waals surface area contributed by atoms with Crippen molar-refractivity contribution in [3.8, 4) is 11.4 Å². The summed E-state index contributed by atoms with van der Waals surface area (Å²) >= 11 is 0. The van der Waals surface area contributed by atoms with Gasteiger partial charge in [0.05, 0.1) is 33.4 Å². The Bertz CT molecular complexity index is 1290. The van der Waals surface area contributed by atoms with Crippen LogP contribution in [0.25, 0.3) is 22.4 Å². The van der Waals surface area contributed by atoms with Gasteiger partial charge in [-0.05, 0) is 38.8 Å². The quantitative estimate of drug-likeness (QED) is 0.431. The lowest BCUT2D eigenvalue weighted by molar-refractivity contribution is -0.149. The molecule has 2 aromatic heterocycles. The van der Waals surface area contributed by atoms with Crippen LogP contribution in [0.1, 0.15) is 36.2 Å². The molecule has 4 N–H and O–H groups in total. The van der Waals surface area contributed by atoms with Crippen LogP contribution < -0.4 is 15.5 Å². The number of para-hydroxylation sites is 1. The number of anilines is 1. The summed E-state index contributed by atoms with van der Waals surface area (Å²) in [7, 11) is 0. The van der Waals surface area contributed by atoms with Gasteiger partial charge in [-0.3, -0.25) is 9.78 Å². The number of carboxylic acid groups (broad SMARTS) is 1. The number of carbonyl (C=O) groups excluding carboxylic acids is 1. The molecule has 3 aromatic rings. The van der Waals surface area contributed by atoms with E-state index in [-0.39, 0.29) is 12.1 Å².